The zero-order chi connectivity index (χ0) is 10.7. The summed E-state index contributed by atoms with van der Waals surface area (Å²) in [6.07, 6.45) is 5.45. The van der Waals surface area contributed by atoms with Gasteiger partial charge in [-0.1, -0.05) is 0 Å². The Morgan fingerprint density at radius 3 is 2.33 bits per heavy atom. The molecule has 4 bridgehead atoms. The van der Waals surface area contributed by atoms with Crippen LogP contribution in [0, 0.1) is 17.3 Å². The van der Waals surface area contributed by atoms with Gasteiger partial charge in [0.25, 0.3) is 0 Å². The summed E-state index contributed by atoms with van der Waals surface area (Å²) in [6.45, 7) is 0. The topological polar surface area (TPSA) is 75.3 Å². The Hall–Kier alpha value is -0.610. The van der Waals surface area contributed by atoms with Gasteiger partial charge in [-0.3, -0.25) is 10.2 Å². The van der Waals surface area contributed by atoms with Crippen LogP contribution in [0.3, 0.4) is 0 Å². The molecule has 4 atom stereocenters. The number of aliphatic hydroxyl groups is 1. The van der Waals surface area contributed by atoms with Gasteiger partial charge in [-0.2, -0.15) is 0 Å². The van der Waals surface area contributed by atoms with Gasteiger partial charge in [-0.15, -0.1) is 0 Å². The second-order valence-electron chi connectivity index (χ2n) is 5.94. The van der Waals surface area contributed by atoms with Crippen molar-refractivity contribution in [2.45, 2.75) is 44.1 Å². The molecule has 84 valence electrons. The molecule has 1 amide bonds. The summed E-state index contributed by atoms with van der Waals surface area (Å²) in [5, 5.41) is 10.4. The lowest BCUT2D eigenvalue weighted by Gasteiger charge is -2.59. The van der Waals surface area contributed by atoms with Gasteiger partial charge >= 0.3 is 0 Å². The molecule has 4 fully saturated rings. The molecule has 4 rings (SSSR count). The number of nitrogens with two attached hydrogens (primary N) is 1. The first-order valence-electron chi connectivity index (χ1n) is 5.79. The van der Waals surface area contributed by atoms with E-state index in [9.17, 15) is 9.90 Å². The van der Waals surface area contributed by atoms with Crippen LogP contribution in [0.25, 0.3) is 0 Å². The number of hydrazine groups is 1. The minimum Gasteiger partial charge on any atom is -0.390 e. The summed E-state index contributed by atoms with van der Waals surface area (Å²) >= 11 is 0. The number of nitrogens with one attached hydrogen (secondary N) is 1. The highest BCUT2D eigenvalue weighted by atomic mass is 16.3. The maximum atomic E-state index is 11.9. The van der Waals surface area contributed by atoms with Gasteiger partial charge in [0, 0.05) is 0 Å². The second-order valence-corrected chi connectivity index (χ2v) is 5.94. The number of hydrogen-bond acceptors (Lipinski definition) is 3. The summed E-state index contributed by atoms with van der Waals surface area (Å²) in [7, 11) is 0. The Morgan fingerprint density at radius 1 is 1.27 bits per heavy atom. The van der Waals surface area contributed by atoms with E-state index in [2.05, 4.69) is 5.43 Å². The van der Waals surface area contributed by atoms with Gasteiger partial charge in [-0.05, 0) is 50.4 Å². The SMILES string of the molecule is NNC(=O)C12C[C@@H]3C[C@@H](CC(O)(C3)C1)C2. The molecule has 15 heavy (non-hydrogen) atoms. The molecule has 4 nitrogen and oxygen atoms in total. The molecule has 0 aliphatic heterocycles. The zero-order valence-electron chi connectivity index (χ0n) is 8.83. The third kappa shape index (κ3) is 1.24. The van der Waals surface area contributed by atoms with E-state index < -0.39 is 5.60 Å². The van der Waals surface area contributed by atoms with Gasteiger partial charge in [-0.25, -0.2) is 5.84 Å². The van der Waals surface area contributed by atoms with Crippen LogP contribution in [0.1, 0.15) is 38.5 Å². The van der Waals surface area contributed by atoms with E-state index in [4.69, 9.17) is 5.84 Å². The maximum Gasteiger partial charge on any atom is 0.240 e. The lowest BCUT2D eigenvalue weighted by Crippen LogP contribution is -2.61. The molecular weight excluding hydrogens is 192 g/mol. The van der Waals surface area contributed by atoms with Crippen LogP contribution >= 0.6 is 0 Å². The predicted molar refractivity (Wildman–Crippen MR) is 54.4 cm³/mol. The van der Waals surface area contributed by atoms with Crippen LogP contribution in [0.4, 0.5) is 0 Å². The van der Waals surface area contributed by atoms with E-state index in [1.54, 1.807) is 0 Å². The first kappa shape index (κ1) is 9.60. The molecule has 0 radical (unpaired) electrons. The smallest absolute Gasteiger partial charge is 0.240 e. The Kier molecular flexibility index (Phi) is 1.75. The van der Waals surface area contributed by atoms with E-state index in [0.717, 1.165) is 25.7 Å². The zero-order valence-corrected chi connectivity index (χ0v) is 8.83. The highest BCUT2D eigenvalue weighted by Gasteiger charge is 2.59. The van der Waals surface area contributed by atoms with Crippen molar-refractivity contribution >= 4 is 5.91 Å². The van der Waals surface area contributed by atoms with Gasteiger partial charge in [0.05, 0.1) is 11.0 Å². The second kappa shape index (κ2) is 2.74. The molecule has 0 spiro atoms. The number of hydrogen-bond donors (Lipinski definition) is 3. The van der Waals surface area contributed by atoms with Crippen molar-refractivity contribution in [1.29, 1.82) is 0 Å². The summed E-state index contributed by atoms with van der Waals surface area (Å²) in [6, 6.07) is 0. The van der Waals surface area contributed by atoms with Crippen LogP contribution < -0.4 is 11.3 Å². The predicted octanol–water partition coefficient (Wildman–Crippen LogP) is 0.308. The maximum absolute atomic E-state index is 11.9. The van der Waals surface area contributed by atoms with E-state index in [-0.39, 0.29) is 11.3 Å². The van der Waals surface area contributed by atoms with Gasteiger partial charge in [0.1, 0.15) is 0 Å². The fourth-order valence-corrected chi connectivity index (χ4v) is 4.63. The molecule has 4 saturated carbocycles. The molecular formula is C11H18N2O2. The molecule has 4 heteroatoms. The van der Waals surface area contributed by atoms with Gasteiger partial charge in [0.15, 0.2) is 0 Å². The van der Waals surface area contributed by atoms with Crippen LogP contribution in [0.15, 0.2) is 0 Å². The first-order valence-corrected chi connectivity index (χ1v) is 5.79. The molecule has 0 aromatic carbocycles. The lowest BCUT2D eigenvalue weighted by molar-refractivity contribution is -0.178. The normalized spacial score (nSPS) is 51.9. The monoisotopic (exact) mass is 210 g/mol. The summed E-state index contributed by atoms with van der Waals surface area (Å²) in [5.74, 6) is 6.27. The van der Waals surface area contributed by atoms with E-state index in [1.165, 1.54) is 6.42 Å². The van der Waals surface area contributed by atoms with Crippen molar-refractivity contribution in [3.05, 3.63) is 0 Å². The molecule has 0 aromatic heterocycles. The highest BCUT2D eigenvalue weighted by Crippen LogP contribution is 2.61. The number of amides is 1. The number of rotatable bonds is 1. The van der Waals surface area contributed by atoms with Crippen LogP contribution in [-0.2, 0) is 4.79 Å². The van der Waals surface area contributed by atoms with Gasteiger partial charge < -0.3 is 5.11 Å². The Morgan fingerprint density at radius 2 is 1.87 bits per heavy atom. The molecule has 4 aliphatic carbocycles. The number of carbonyl (C=O) groups is 1. The average Bonchev–Trinajstić information content (AvgIpc) is 2.12. The molecule has 4 N–H and O–H groups in total. The highest BCUT2D eigenvalue weighted by molar-refractivity contribution is 5.82. The van der Waals surface area contributed by atoms with Crippen molar-refractivity contribution in [2.24, 2.45) is 23.1 Å². The standard InChI is InChI=1S/C11H18N2O2/c12-13-9(14)10-2-7-1-8(3-10)5-11(15,4-7)6-10/h7-8,15H,1-6,12H2,(H,13,14)/t7-,8+,10?,11?. The summed E-state index contributed by atoms with van der Waals surface area (Å²) < 4.78 is 0. The molecule has 0 heterocycles. The third-order valence-electron chi connectivity index (χ3n) is 4.64. The van der Waals surface area contributed by atoms with Gasteiger partial charge in [0.2, 0.25) is 5.91 Å². The summed E-state index contributed by atoms with van der Waals surface area (Å²) in [5.41, 5.74) is 1.36. The third-order valence-corrected chi connectivity index (χ3v) is 4.64. The van der Waals surface area contributed by atoms with E-state index in [0.29, 0.717) is 18.3 Å². The van der Waals surface area contributed by atoms with Crippen LogP contribution in [0.2, 0.25) is 0 Å². The van der Waals surface area contributed by atoms with Crippen molar-refractivity contribution in [2.75, 3.05) is 0 Å². The first-order chi connectivity index (χ1) is 7.05. The molecule has 0 aromatic rings. The fraction of sp³-hybridized carbons (Fsp3) is 0.909. The Labute approximate surface area is 89.2 Å². The summed E-state index contributed by atoms with van der Waals surface area (Å²) in [4.78, 5) is 11.9. The Bertz CT molecular complexity index is 302. The minimum atomic E-state index is -0.573. The van der Waals surface area contributed by atoms with E-state index in [1.807, 2.05) is 0 Å². The molecule has 2 unspecified atom stereocenters. The Balaban J connectivity index is 1.96. The van der Waals surface area contributed by atoms with Crippen molar-refractivity contribution in [3.8, 4) is 0 Å². The van der Waals surface area contributed by atoms with Crippen molar-refractivity contribution in [1.82, 2.24) is 5.43 Å². The lowest BCUT2D eigenvalue weighted by atomic mass is 9.47. The quantitative estimate of drug-likeness (QED) is 0.331. The van der Waals surface area contributed by atoms with Crippen molar-refractivity contribution < 1.29 is 9.90 Å². The van der Waals surface area contributed by atoms with Crippen LogP contribution in [-0.4, -0.2) is 16.6 Å². The van der Waals surface area contributed by atoms with Crippen LogP contribution in [0.5, 0.6) is 0 Å². The number of carbonyl (C=O) groups excluding carboxylic acids is 1. The minimum absolute atomic E-state index is 0.0602. The largest absolute Gasteiger partial charge is 0.390 e. The molecule has 0 saturated heterocycles. The van der Waals surface area contributed by atoms with Crippen molar-refractivity contribution in [3.63, 3.8) is 0 Å². The average molecular weight is 210 g/mol. The van der Waals surface area contributed by atoms with E-state index >= 15 is 0 Å². The fourth-order valence-electron chi connectivity index (χ4n) is 4.63. The molecule has 4 aliphatic rings.